The first-order valence-electron chi connectivity index (χ1n) is 7.42. The van der Waals surface area contributed by atoms with E-state index in [9.17, 15) is 8.42 Å². The van der Waals surface area contributed by atoms with Crippen LogP contribution >= 0.6 is 15.9 Å². The van der Waals surface area contributed by atoms with Gasteiger partial charge in [-0.05, 0) is 43.2 Å². The summed E-state index contributed by atoms with van der Waals surface area (Å²) >= 11 is 3.38. The molecule has 0 fully saturated rings. The highest BCUT2D eigenvalue weighted by molar-refractivity contribution is 9.10. The topological polar surface area (TPSA) is 40.6 Å². The van der Waals surface area contributed by atoms with E-state index in [1.807, 2.05) is 51.2 Å². The second kappa shape index (κ2) is 5.83. The molecule has 0 amide bonds. The van der Waals surface area contributed by atoms with Gasteiger partial charge in [-0.1, -0.05) is 34.1 Å². The van der Waals surface area contributed by atoms with E-state index in [-0.39, 0.29) is 0 Å². The van der Waals surface area contributed by atoms with Crippen molar-refractivity contribution in [2.24, 2.45) is 0 Å². The lowest BCUT2D eigenvalue weighted by Gasteiger charge is -2.37. The van der Waals surface area contributed by atoms with Gasteiger partial charge in [0.25, 0.3) is 10.0 Å². The summed E-state index contributed by atoms with van der Waals surface area (Å²) in [7, 11) is -1.61. The smallest absolute Gasteiger partial charge is 0.264 e. The van der Waals surface area contributed by atoms with E-state index in [2.05, 4.69) is 20.8 Å². The van der Waals surface area contributed by atoms with Gasteiger partial charge in [0.05, 0.1) is 22.8 Å². The molecule has 0 spiro atoms. The van der Waals surface area contributed by atoms with Crippen molar-refractivity contribution in [3.05, 3.63) is 52.0 Å². The Balaban J connectivity index is 2.20. The fourth-order valence-corrected chi connectivity index (χ4v) is 5.26. The molecule has 0 bridgehead atoms. The van der Waals surface area contributed by atoms with E-state index in [1.165, 1.54) is 0 Å². The number of fused-ring (bicyclic) bond motifs is 1. The number of likely N-dealkylation sites (N-methyl/N-ethyl adjacent to an activating group) is 1. The van der Waals surface area contributed by atoms with E-state index in [1.54, 1.807) is 10.4 Å². The first-order chi connectivity index (χ1) is 10.8. The minimum absolute atomic E-state index is 0.352. The second-order valence-corrected chi connectivity index (χ2v) is 8.60. The Hall–Kier alpha value is -1.53. The average Bonchev–Trinajstić information content (AvgIpc) is 2.50. The molecule has 122 valence electrons. The van der Waals surface area contributed by atoms with Crippen molar-refractivity contribution < 1.29 is 8.42 Å². The van der Waals surface area contributed by atoms with Crippen LogP contribution in [0, 0.1) is 13.8 Å². The summed E-state index contributed by atoms with van der Waals surface area (Å²) in [5.74, 6) is 0. The zero-order valence-electron chi connectivity index (χ0n) is 13.4. The number of rotatable bonds is 2. The number of para-hydroxylation sites is 1. The Morgan fingerprint density at radius 2 is 1.78 bits per heavy atom. The molecule has 0 unspecified atom stereocenters. The Kier molecular flexibility index (Phi) is 4.14. The molecule has 2 aromatic rings. The van der Waals surface area contributed by atoms with Crippen LogP contribution in [0.2, 0.25) is 0 Å². The Bertz CT molecular complexity index is 865. The minimum atomic E-state index is -3.60. The van der Waals surface area contributed by atoms with E-state index in [0.29, 0.717) is 18.0 Å². The first kappa shape index (κ1) is 16.3. The normalized spacial score (nSPS) is 14.8. The SMILES string of the molecule is Cc1ccc(Br)cc1S(=O)(=O)N1CCN(C)c2cccc(C)c21. The fraction of sp³-hybridized carbons (Fsp3) is 0.294. The van der Waals surface area contributed by atoms with Crippen molar-refractivity contribution >= 4 is 37.3 Å². The van der Waals surface area contributed by atoms with Gasteiger partial charge in [0.1, 0.15) is 0 Å². The molecule has 2 aromatic carbocycles. The van der Waals surface area contributed by atoms with Crippen LogP contribution in [0.5, 0.6) is 0 Å². The van der Waals surface area contributed by atoms with Crippen molar-refractivity contribution in [3.63, 3.8) is 0 Å². The molecule has 0 aliphatic carbocycles. The van der Waals surface area contributed by atoms with Crippen molar-refractivity contribution in [3.8, 4) is 0 Å². The minimum Gasteiger partial charge on any atom is -0.371 e. The Morgan fingerprint density at radius 3 is 2.52 bits per heavy atom. The largest absolute Gasteiger partial charge is 0.371 e. The van der Waals surface area contributed by atoms with Gasteiger partial charge in [-0.15, -0.1) is 0 Å². The maximum Gasteiger partial charge on any atom is 0.264 e. The maximum atomic E-state index is 13.3. The third kappa shape index (κ3) is 2.74. The Labute approximate surface area is 145 Å². The molecule has 0 saturated heterocycles. The van der Waals surface area contributed by atoms with Gasteiger partial charge in [0.2, 0.25) is 0 Å². The average molecular weight is 395 g/mol. The number of anilines is 2. The quantitative estimate of drug-likeness (QED) is 0.779. The summed E-state index contributed by atoms with van der Waals surface area (Å²) in [6.45, 7) is 4.90. The van der Waals surface area contributed by atoms with Gasteiger partial charge >= 0.3 is 0 Å². The van der Waals surface area contributed by atoms with Gasteiger partial charge in [-0.25, -0.2) is 8.42 Å². The van der Waals surface area contributed by atoms with Crippen LogP contribution in [0.3, 0.4) is 0 Å². The monoisotopic (exact) mass is 394 g/mol. The maximum absolute atomic E-state index is 13.3. The molecule has 0 saturated carbocycles. The Morgan fingerprint density at radius 1 is 1.04 bits per heavy atom. The number of halogens is 1. The van der Waals surface area contributed by atoms with E-state index in [0.717, 1.165) is 27.0 Å². The third-order valence-corrected chi connectivity index (χ3v) is 6.67. The summed E-state index contributed by atoms with van der Waals surface area (Å²) in [6.07, 6.45) is 0. The number of sulfonamides is 1. The van der Waals surface area contributed by atoms with Crippen molar-refractivity contribution in [2.45, 2.75) is 18.7 Å². The van der Waals surface area contributed by atoms with Crippen LogP contribution in [0.4, 0.5) is 11.4 Å². The van der Waals surface area contributed by atoms with E-state index >= 15 is 0 Å². The molecule has 1 heterocycles. The highest BCUT2D eigenvalue weighted by Crippen LogP contribution is 2.39. The van der Waals surface area contributed by atoms with Gasteiger partial charge in [0, 0.05) is 18.1 Å². The molecular weight excluding hydrogens is 376 g/mol. The lowest BCUT2D eigenvalue weighted by molar-refractivity contribution is 0.588. The van der Waals surface area contributed by atoms with Crippen LogP contribution in [0.25, 0.3) is 0 Å². The van der Waals surface area contributed by atoms with Crippen LogP contribution in [0.1, 0.15) is 11.1 Å². The predicted octanol–water partition coefficient (Wildman–Crippen LogP) is 3.71. The predicted molar refractivity (Wildman–Crippen MR) is 97.9 cm³/mol. The molecule has 3 rings (SSSR count). The molecule has 0 N–H and O–H groups in total. The third-order valence-electron chi connectivity index (χ3n) is 4.23. The van der Waals surface area contributed by atoms with Gasteiger partial charge < -0.3 is 4.90 Å². The zero-order valence-corrected chi connectivity index (χ0v) is 15.8. The van der Waals surface area contributed by atoms with E-state index in [4.69, 9.17) is 0 Å². The standard InChI is InChI=1S/C17H19BrN2O2S/c1-12-7-8-14(18)11-16(12)23(21,22)20-10-9-19(3)15-6-4-5-13(2)17(15)20/h4-8,11H,9-10H2,1-3H3. The molecule has 1 aliphatic rings. The molecule has 4 nitrogen and oxygen atoms in total. The van der Waals surface area contributed by atoms with Crippen molar-refractivity contribution in [2.75, 3.05) is 29.3 Å². The number of hydrogen-bond donors (Lipinski definition) is 0. The summed E-state index contributed by atoms with van der Waals surface area (Å²) in [4.78, 5) is 2.45. The van der Waals surface area contributed by atoms with Gasteiger partial charge in [0.15, 0.2) is 0 Å². The van der Waals surface area contributed by atoms with Gasteiger partial charge in [-0.3, -0.25) is 4.31 Å². The highest BCUT2D eigenvalue weighted by Gasteiger charge is 2.32. The second-order valence-electron chi connectivity index (χ2n) is 5.85. The molecule has 1 aliphatic heterocycles. The van der Waals surface area contributed by atoms with Crippen LogP contribution in [-0.4, -0.2) is 28.6 Å². The number of benzene rings is 2. The molecule has 6 heteroatoms. The highest BCUT2D eigenvalue weighted by atomic mass is 79.9. The lowest BCUT2D eigenvalue weighted by atomic mass is 10.1. The number of nitrogens with zero attached hydrogens (tertiary/aromatic N) is 2. The fourth-order valence-electron chi connectivity index (χ4n) is 2.96. The number of aryl methyl sites for hydroxylation is 2. The molecular formula is C17H19BrN2O2S. The van der Waals surface area contributed by atoms with Crippen molar-refractivity contribution in [1.29, 1.82) is 0 Å². The zero-order chi connectivity index (χ0) is 16.8. The van der Waals surface area contributed by atoms with E-state index < -0.39 is 10.0 Å². The van der Waals surface area contributed by atoms with Crippen LogP contribution < -0.4 is 9.21 Å². The molecule has 0 aromatic heterocycles. The molecule has 0 atom stereocenters. The van der Waals surface area contributed by atoms with Crippen molar-refractivity contribution in [1.82, 2.24) is 0 Å². The lowest BCUT2D eigenvalue weighted by Crippen LogP contribution is -2.43. The summed E-state index contributed by atoms with van der Waals surface area (Å²) in [5.41, 5.74) is 3.45. The first-order valence-corrected chi connectivity index (χ1v) is 9.65. The summed E-state index contributed by atoms with van der Waals surface area (Å²) < 4.78 is 28.8. The summed E-state index contributed by atoms with van der Waals surface area (Å²) in [5, 5.41) is 0. The van der Waals surface area contributed by atoms with Crippen LogP contribution in [0.15, 0.2) is 45.8 Å². The summed E-state index contributed by atoms with van der Waals surface area (Å²) in [6, 6.07) is 11.3. The molecule has 0 radical (unpaired) electrons. The molecule has 23 heavy (non-hydrogen) atoms. The van der Waals surface area contributed by atoms with Gasteiger partial charge in [-0.2, -0.15) is 0 Å². The van der Waals surface area contributed by atoms with Crippen LogP contribution in [-0.2, 0) is 10.0 Å². The number of hydrogen-bond acceptors (Lipinski definition) is 3.